The second kappa shape index (κ2) is 6.14. The van der Waals surface area contributed by atoms with Gasteiger partial charge in [-0.05, 0) is 12.1 Å². The number of amides is 1. The van der Waals surface area contributed by atoms with Crippen LogP contribution in [0.25, 0.3) is 0 Å². The smallest absolute Gasteiger partial charge is 0.274 e. The predicted octanol–water partition coefficient (Wildman–Crippen LogP) is 1.52. The zero-order valence-electron chi connectivity index (χ0n) is 14.5. The quantitative estimate of drug-likeness (QED) is 0.851. The first-order chi connectivity index (χ1) is 11.4. The molecule has 0 radical (unpaired) electrons. The highest BCUT2D eigenvalue weighted by atomic mass is 16.2. The van der Waals surface area contributed by atoms with Crippen molar-refractivity contribution >= 4 is 11.7 Å². The summed E-state index contributed by atoms with van der Waals surface area (Å²) in [4.78, 5) is 24.2. The monoisotopic (exact) mass is 326 g/mol. The van der Waals surface area contributed by atoms with Crippen molar-refractivity contribution in [2.24, 2.45) is 0 Å². The molecule has 0 aliphatic carbocycles. The van der Waals surface area contributed by atoms with Gasteiger partial charge >= 0.3 is 0 Å². The number of rotatable bonds is 3. The third kappa shape index (κ3) is 3.20. The van der Waals surface area contributed by atoms with E-state index in [4.69, 9.17) is 0 Å². The van der Waals surface area contributed by atoms with Crippen LogP contribution >= 0.6 is 0 Å². The average Bonchev–Trinajstić information content (AvgIpc) is 2.53. The second-order valence-corrected chi connectivity index (χ2v) is 7.09. The van der Waals surface area contributed by atoms with E-state index in [1.807, 2.05) is 12.1 Å². The molecule has 3 heterocycles. The highest BCUT2D eigenvalue weighted by molar-refractivity contribution is 5.92. The fourth-order valence-corrected chi connectivity index (χ4v) is 2.54. The zero-order chi connectivity index (χ0) is 17.3. The Balaban J connectivity index is 1.60. The van der Waals surface area contributed by atoms with Crippen LogP contribution in [-0.4, -0.2) is 57.2 Å². The summed E-state index contributed by atoms with van der Waals surface area (Å²) in [6, 6.07) is 4.15. The molecule has 1 saturated heterocycles. The van der Waals surface area contributed by atoms with E-state index >= 15 is 0 Å². The van der Waals surface area contributed by atoms with Crippen LogP contribution in [0, 0.1) is 0 Å². The van der Waals surface area contributed by atoms with Gasteiger partial charge in [-0.25, -0.2) is 4.98 Å². The molecule has 2 aromatic rings. The first-order valence-electron chi connectivity index (χ1n) is 7.98. The van der Waals surface area contributed by atoms with Gasteiger partial charge in [-0.2, -0.15) is 5.10 Å². The minimum atomic E-state index is -0.109. The van der Waals surface area contributed by atoms with E-state index in [1.54, 1.807) is 18.1 Å². The largest absolute Gasteiger partial charge is 0.351 e. The van der Waals surface area contributed by atoms with E-state index in [2.05, 4.69) is 45.8 Å². The number of anilines is 1. The maximum Gasteiger partial charge on any atom is 0.274 e. The maximum atomic E-state index is 12.4. The van der Waals surface area contributed by atoms with Gasteiger partial charge < -0.3 is 9.80 Å². The molecule has 1 aliphatic heterocycles. The molecule has 7 nitrogen and oxygen atoms in total. The van der Waals surface area contributed by atoms with Gasteiger partial charge in [0.2, 0.25) is 0 Å². The van der Waals surface area contributed by atoms with Gasteiger partial charge in [0.15, 0.2) is 5.82 Å². The molecule has 0 unspecified atom stereocenters. The highest BCUT2D eigenvalue weighted by Gasteiger charge is 2.34. The second-order valence-electron chi connectivity index (χ2n) is 7.09. The molecule has 1 fully saturated rings. The topological polar surface area (TPSA) is 75.1 Å². The van der Waals surface area contributed by atoms with E-state index in [-0.39, 0.29) is 17.4 Å². The molecule has 7 heteroatoms. The van der Waals surface area contributed by atoms with Crippen molar-refractivity contribution < 1.29 is 4.79 Å². The Labute approximate surface area is 141 Å². The number of likely N-dealkylation sites (N-methyl/N-ethyl adjacent to an activating group) is 1. The normalized spacial score (nSPS) is 15.1. The van der Waals surface area contributed by atoms with Crippen LogP contribution < -0.4 is 4.90 Å². The number of hydrogen-bond acceptors (Lipinski definition) is 6. The summed E-state index contributed by atoms with van der Waals surface area (Å²) in [6.45, 7) is 7.83. The number of aromatic nitrogens is 4. The summed E-state index contributed by atoms with van der Waals surface area (Å²) >= 11 is 0. The highest BCUT2D eigenvalue weighted by Crippen LogP contribution is 2.24. The summed E-state index contributed by atoms with van der Waals surface area (Å²) in [7, 11) is 1.80. The molecular formula is C17H22N6O. The minimum Gasteiger partial charge on any atom is -0.351 e. The van der Waals surface area contributed by atoms with Crippen molar-refractivity contribution in [2.75, 3.05) is 25.0 Å². The Morgan fingerprint density at radius 3 is 2.50 bits per heavy atom. The van der Waals surface area contributed by atoms with E-state index < -0.39 is 0 Å². The van der Waals surface area contributed by atoms with Crippen molar-refractivity contribution in [3.8, 4) is 0 Å². The predicted molar refractivity (Wildman–Crippen MR) is 90.9 cm³/mol. The van der Waals surface area contributed by atoms with Crippen LogP contribution in [0.5, 0.6) is 0 Å². The number of carbonyl (C=O) groups excluding carboxylic acids is 1. The fraction of sp³-hybridized carbons (Fsp3) is 0.471. The molecule has 126 valence electrons. The molecule has 0 N–H and O–H groups in total. The lowest BCUT2D eigenvalue weighted by atomic mass is 9.92. The maximum absolute atomic E-state index is 12.4. The van der Waals surface area contributed by atoms with E-state index in [0.29, 0.717) is 5.69 Å². The van der Waals surface area contributed by atoms with Crippen LogP contribution in [0.15, 0.2) is 30.7 Å². The Hall–Kier alpha value is -2.57. The molecule has 24 heavy (non-hydrogen) atoms. The van der Waals surface area contributed by atoms with Crippen LogP contribution in [0.1, 0.15) is 37.0 Å². The number of carbonyl (C=O) groups is 1. The number of hydrogen-bond donors (Lipinski definition) is 0. The molecule has 3 rings (SSSR count). The SMILES string of the molecule is CN(C(=O)c1cnccn1)C1CN(c2ccc(C(C)(C)C)nn2)C1. The summed E-state index contributed by atoms with van der Waals surface area (Å²) in [5.41, 5.74) is 1.33. The van der Waals surface area contributed by atoms with Crippen molar-refractivity contribution in [1.82, 2.24) is 25.1 Å². The van der Waals surface area contributed by atoms with Crippen LogP contribution in [0.3, 0.4) is 0 Å². The first-order valence-corrected chi connectivity index (χ1v) is 7.98. The Kier molecular flexibility index (Phi) is 4.17. The molecule has 0 spiro atoms. The summed E-state index contributed by atoms with van der Waals surface area (Å²) < 4.78 is 0. The zero-order valence-corrected chi connectivity index (χ0v) is 14.5. The average molecular weight is 326 g/mol. The van der Waals surface area contributed by atoms with Gasteiger partial charge in [-0.1, -0.05) is 20.8 Å². The Morgan fingerprint density at radius 1 is 1.21 bits per heavy atom. The standard InChI is InChI=1S/C17H22N6O/c1-17(2,3)14-5-6-15(21-20-14)23-10-12(11-23)22(4)16(24)13-9-18-7-8-19-13/h5-9,12H,10-11H2,1-4H3. The van der Waals surface area contributed by atoms with Gasteiger partial charge in [-0.3, -0.25) is 9.78 Å². The molecule has 0 aromatic carbocycles. The third-order valence-corrected chi connectivity index (χ3v) is 4.26. The molecule has 2 aromatic heterocycles. The third-order valence-electron chi connectivity index (χ3n) is 4.26. The summed E-state index contributed by atoms with van der Waals surface area (Å²) in [6.07, 6.45) is 4.58. The lowest BCUT2D eigenvalue weighted by Gasteiger charge is -2.44. The van der Waals surface area contributed by atoms with Crippen LogP contribution in [0.2, 0.25) is 0 Å². The van der Waals surface area contributed by atoms with E-state index in [0.717, 1.165) is 24.6 Å². The molecule has 1 amide bonds. The van der Waals surface area contributed by atoms with Gasteiger partial charge in [0.1, 0.15) is 5.69 Å². The molecule has 0 bridgehead atoms. The van der Waals surface area contributed by atoms with Crippen molar-refractivity contribution in [3.05, 3.63) is 42.1 Å². The molecule has 0 saturated carbocycles. The van der Waals surface area contributed by atoms with Crippen LogP contribution in [0.4, 0.5) is 5.82 Å². The lowest BCUT2D eigenvalue weighted by Crippen LogP contribution is -2.60. The Bertz CT molecular complexity index is 704. The molecular weight excluding hydrogens is 304 g/mol. The van der Waals surface area contributed by atoms with E-state index in [1.165, 1.54) is 12.4 Å². The van der Waals surface area contributed by atoms with Crippen LogP contribution in [-0.2, 0) is 5.41 Å². The molecule has 0 atom stereocenters. The van der Waals surface area contributed by atoms with Crippen molar-refractivity contribution in [3.63, 3.8) is 0 Å². The number of nitrogens with zero attached hydrogens (tertiary/aromatic N) is 6. The summed E-state index contributed by atoms with van der Waals surface area (Å²) in [5, 5.41) is 8.63. The summed E-state index contributed by atoms with van der Waals surface area (Å²) in [5.74, 6) is 0.738. The first kappa shape index (κ1) is 16.3. The van der Waals surface area contributed by atoms with Crippen molar-refractivity contribution in [2.45, 2.75) is 32.2 Å². The van der Waals surface area contributed by atoms with Gasteiger partial charge in [0, 0.05) is 37.9 Å². The lowest BCUT2D eigenvalue weighted by molar-refractivity contribution is 0.0698. The van der Waals surface area contributed by atoms with Gasteiger partial charge in [0.25, 0.3) is 5.91 Å². The molecule has 1 aliphatic rings. The van der Waals surface area contributed by atoms with Crippen molar-refractivity contribution in [1.29, 1.82) is 0 Å². The van der Waals surface area contributed by atoms with E-state index in [9.17, 15) is 4.79 Å². The fourth-order valence-electron chi connectivity index (χ4n) is 2.54. The minimum absolute atomic E-state index is 0.00757. The Morgan fingerprint density at radius 2 is 1.96 bits per heavy atom. The van der Waals surface area contributed by atoms with Gasteiger partial charge in [0.05, 0.1) is 17.9 Å². The van der Waals surface area contributed by atoms with Gasteiger partial charge in [-0.15, -0.1) is 5.10 Å².